The second-order valence-corrected chi connectivity index (χ2v) is 7.63. The molecule has 1 unspecified atom stereocenters. The average Bonchev–Trinajstić information content (AvgIpc) is 2.68. The number of hydrogen-bond acceptors (Lipinski definition) is 4. The minimum Gasteiger partial charge on any atom is -0.365 e. The molecule has 1 saturated heterocycles. The summed E-state index contributed by atoms with van der Waals surface area (Å²) in [4.78, 5) is 17.2. The largest absolute Gasteiger partial charge is 0.365 e. The first kappa shape index (κ1) is 17.3. The molecular formula is C21H28N4O. The molecule has 5 heteroatoms. The van der Waals surface area contributed by atoms with E-state index in [2.05, 4.69) is 46.2 Å². The minimum absolute atomic E-state index is 0.0137. The molecule has 1 aromatic heterocycles. The number of nitrogens with zero attached hydrogens (tertiary/aromatic N) is 4. The van der Waals surface area contributed by atoms with Gasteiger partial charge in [-0.3, -0.25) is 4.79 Å². The van der Waals surface area contributed by atoms with Crippen molar-refractivity contribution >= 4 is 5.69 Å². The lowest BCUT2D eigenvalue weighted by atomic mass is 10.00. The summed E-state index contributed by atoms with van der Waals surface area (Å²) in [7, 11) is 2.19. The van der Waals surface area contributed by atoms with Gasteiger partial charge < -0.3 is 9.80 Å². The minimum atomic E-state index is 0.0137. The second kappa shape index (κ2) is 7.62. The highest BCUT2D eigenvalue weighted by Gasteiger charge is 2.20. The molecule has 0 radical (unpaired) electrons. The normalized spacial score (nSPS) is 20.8. The summed E-state index contributed by atoms with van der Waals surface area (Å²) >= 11 is 0. The first-order valence-corrected chi connectivity index (χ1v) is 9.80. The van der Waals surface area contributed by atoms with Crippen molar-refractivity contribution in [3.05, 3.63) is 58.0 Å². The van der Waals surface area contributed by atoms with Gasteiger partial charge in [-0.05, 0) is 50.4 Å². The van der Waals surface area contributed by atoms with Gasteiger partial charge in [-0.2, -0.15) is 5.10 Å². The zero-order valence-electron chi connectivity index (χ0n) is 15.6. The number of rotatable bonds is 4. The zero-order valence-corrected chi connectivity index (χ0v) is 15.6. The summed E-state index contributed by atoms with van der Waals surface area (Å²) in [5.41, 5.74) is 3.72. The monoisotopic (exact) mass is 352 g/mol. The average molecular weight is 352 g/mol. The lowest BCUT2D eigenvalue weighted by Gasteiger charge is -2.32. The fourth-order valence-corrected chi connectivity index (χ4v) is 4.26. The molecule has 0 amide bonds. The number of fused-ring (bicyclic) bond motifs is 1. The van der Waals surface area contributed by atoms with E-state index in [1.807, 2.05) is 6.20 Å². The maximum absolute atomic E-state index is 12.5. The topological polar surface area (TPSA) is 41.4 Å². The number of benzene rings is 1. The van der Waals surface area contributed by atoms with E-state index in [1.54, 1.807) is 10.7 Å². The van der Waals surface area contributed by atoms with Gasteiger partial charge in [0.2, 0.25) is 0 Å². The Bertz CT molecular complexity index is 816. The third-order valence-corrected chi connectivity index (χ3v) is 5.95. The molecular weight excluding hydrogens is 324 g/mol. The van der Waals surface area contributed by atoms with Crippen molar-refractivity contribution in [2.45, 2.75) is 51.2 Å². The molecule has 0 saturated carbocycles. The predicted octanol–water partition coefficient (Wildman–Crippen LogP) is 2.68. The van der Waals surface area contributed by atoms with Crippen molar-refractivity contribution in [2.75, 3.05) is 25.0 Å². The van der Waals surface area contributed by atoms with Crippen LogP contribution in [-0.4, -0.2) is 40.9 Å². The van der Waals surface area contributed by atoms with Gasteiger partial charge in [-0.15, -0.1) is 0 Å². The van der Waals surface area contributed by atoms with Crippen LogP contribution in [0.15, 0.2) is 41.3 Å². The van der Waals surface area contributed by atoms with E-state index in [4.69, 9.17) is 0 Å². The van der Waals surface area contributed by atoms with E-state index < -0.39 is 0 Å². The Hall–Kier alpha value is -2.14. The SMILES string of the molecule is CN1CCCCC1CCn1ncc(N2CCc3ccccc3C2)cc1=O. The summed E-state index contributed by atoms with van der Waals surface area (Å²) in [5.74, 6) is 0. The number of aromatic nitrogens is 2. The Morgan fingerprint density at radius 1 is 1.15 bits per heavy atom. The van der Waals surface area contributed by atoms with Crippen LogP contribution in [0.25, 0.3) is 0 Å². The Morgan fingerprint density at radius 2 is 2.00 bits per heavy atom. The van der Waals surface area contributed by atoms with Crippen LogP contribution in [-0.2, 0) is 19.5 Å². The molecule has 2 aromatic rings. The quantitative estimate of drug-likeness (QED) is 0.848. The molecule has 1 atom stereocenters. The second-order valence-electron chi connectivity index (χ2n) is 7.63. The number of hydrogen-bond donors (Lipinski definition) is 0. The van der Waals surface area contributed by atoms with E-state index in [0.29, 0.717) is 12.6 Å². The summed E-state index contributed by atoms with van der Waals surface area (Å²) in [6.45, 7) is 3.67. The first-order chi connectivity index (χ1) is 12.7. The van der Waals surface area contributed by atoms with Gasteiger partial charge in [0.1, 0.15) is 0 Å². The predicted molar refractivity (Wildman–Crippen MR) is 105 cm³/mol. The van der Waals surface area contributed by atoms with Gasteiger partial charge >= 0.3 is 0 Å². The van der Waals surface area contributed by atoms with E-state index >= 15 is 0 Å². The van der Waals surface area contributed by atoms with Gasteiger partial charge in [0.25, 0.3) is 5.56 Å². The molecule has 0 spiro atoms. The van der Waals surface area contributed by atoms with Gasteiger partial charge in [0.15, 0.2) is 0 Å². The zero-order chi connectivity index (χ0) is 17.9. The summed E-state index contributed by atoms with van der Waals surface area (Å²) in [6.07, 6.45) is 7.70. The Morgan fingerprint density at radius 3 is 2.81 bits per heavy atom. The van der Waals surface area contributed by atoms with Gasteiger partial charge in [0.05, 0.1) is 11.9 Å². The molecule has 2 aliphatic rings. The Kier molecular flexibility index (Phi) is 5.07. The molecule has 1 aromatic carbocycles. The van der Waals surface area contributed by atoms with Crippen molar-refractivity contribution in [2.24, 2.45) is 0 Å². The van der Waals surface area contributed by atoms with Crippen molar-refractivity contribution in [1.82, 2.24) is 14.7 Å². The Balaban J connectivity index is 1.42. The molecule has 138 valence electrons. The van der Waals surface area contributed by atoms with Crippen LogP contribution < -0.4 is 10.5 Å². The maximum Gasteiger partial charge on any atom is 0.268 e. The van der Waals surface area contributed by atoms with Gasteiger partial charge in [-0.25, -0.2) is 4.68 Å². The van der Waals surface area contributed by atoms with E-state index in [0.717, 1.165) is 31.6 Å². The highest BCUT2D eigenvalue weighted by Crippen LogP contribution is 2.23. The van der Waals surface area contributed by atoms with Crippen LogP contribution in [0, 0.1) is 0 Å². The molecule has 3 heterocycles. The number of likely N-dealkylation sites (tertiary alicyclic amines) is 1. The summed E-state index contributed by atoms with van der Waals surface area (Å²) < 4.78 is 1.63. The number of piperidine rings is 1. The van der Waals surface area contributed by atoms with Crippen LogP contribution in [0.1, 0.15) is 36.8 Å². The number of aryl methyl sites for hydroxylation is 1. The highest BCUT2D eigenvalue weighted by molar-refractivity contribution is 5.47. The van der Waals surface area contributed by atoms with Crippen LogP contribution in [0.3, 0.4) is 0 Å². The van der Waals surface area contributed by atoms with Gasteiger partial charge in [0, 0.05) is 31.7 Å². The van der Waals surface area contributed by atoms with Gasteiger partial charge in [-0.1, -0.05) is 30.7 Å². The third-order valence-electron chi connectivity index (χ3n) is 5.95. The van der Waals surface area contributed by atoms with Crippen molar-refractivity contribution in [1.29, 1.82) is 0 Å². The lowest BCUT2D eigenvalue weighted by molar-refractivity contribution is 0.169. The van der Waals surface area contributed by atoms with Crippen LogP contribution in [0.5, 0.6) is 0 Å². The molecule has 1 fully saturated rings. The van der Waals surface area contributed by atoms with Crippen LogP contribution in [0.4, 0.5) is 5.69 Å². The van der Waals surface area contributed by atoms with Crippen molar-refractivity contribution in [3.63, 3.8) is 0 Å². The highest BCUT2D eigenvalue weighted by atomic mass is 16.1. The molecule has 5 nitrogen and oxygen atoms in total. The number of anilines is 1. The summed E-state index contributed by atoms with van der Waals surface area (Å²) in [6, 6.07) is 10.9. The Labute approximate surface area is 155 Å². The van der Waals surface area contributed by atoms with Crippen molar-refractivity contribution < 1.29 is 0 Å². The molecule has 0 aliphatic carbocycles. The summed E-state index contributed by atoms with van der Waals surface area (Å²) in [5, 5.41) is 4.46. The van der Waals surface area contributed by atoms with E-state index in [9.17, 15) is 4.79 Å². The molecule has 0 bridgehead atoms. The van der Waals surface area contributed by atoms with Crippen LogP contribution >= 0.6 is 0 Å². The van der Waals surface area contributed by atoms with E-state index in [1.165, 1.54) is 36.9 Å². The maximum atomic E-state index is 12.5. The molecule has 26 heavy (non-hydrogen) atoms. The van der Waals surface area contributed by atoms with Crippen molar-refractivity contribution in [3.8, 4) is 0 Å². The fourth-order valence-electron chi connectivity index (χ4n) is 4.26. The van der Waals surface area contributed by atoms with E-state index in [-0.39, 0.29) is 5.56 Å². The fraction of sp³-hybridized carbons (Fsp3) is 0.524. The molecule has 4 rings (SSSR count). The lowest BCUT2D eigenvalue weighted by Crippen LogP contribution is -2.38. The first-order valence-electron chi connectivity index (χ1n) is 9.80. The molecule has 0 N–H and O–H groups in total. The standard InChI is InChI=1S/C21H28N4O/c1-23-11-5-4-8-19(23)10-13-25-21(26)14-20(15-22-25)24-12-9-17-6-2-3-7-18(17)16-24/h2-3,6-7,14-15,19H,4-5,8-13,16H2,1H3. The smallest absolute Gasteiger partial charge is 0.268 e. The molecule has 2 aliphatic heterocycles. The van der Waals surface area contributed by atoms with Crippen LogP contribution in [0.2, 0.25) is 0 Å². The third kappa shape index (κ3) is 3.68.